The van der Waals surface area contributed by atoms with E-state index in [0.29, 0.717) is 12.8 Å². The quantitative estimate of drug-likeness (QED) is 0.823. The summed E-state index contributed by atoms with van der Waals surface area (Å²) in [5.41, 5.74) is 0.658. The minimum absolute atomic E-state index is 0.128. The molecular formula is C14H17NO3. The molecule has 0 spiro atoms. The van der Waals surface area contributed by atoms with Gasteiger partial charge in [0.1, 0.15) is 6.10 Å². The molecule has 2 fully saturated rings. The summed E-state index contributed by atoms with van der Waals surface area (Å²) >= 11 is 0. The van der Waals surface area contributed by atoms with Crippen molar-refractivity contribution in [3.8, 4) is 0 Å². The Morgan fingerprint density at radius 2 is 2.06 bits per heavy atom. The molecule has 2 aliphatic carbocycles. The lowest BCUT2D eigenvalue weighted by atomic mass is 10.2. The second-order valence-electron chi connectivity index (χ2n) is 5.38. The molecule has 2 atom stereocenters. The monoisotopic (exact) mass is 247 g/mol. The van der Waals surface area contributed by atoms with Crippen LogP contribution >= 0.6 is 0 Å². The predicted octanol–water partition coefficient (Wildman–Crippen LogP) is 1.65. The summed E-state index contributed by atoms with van der Waals surface area (Å²) in [5, 5.41) is 0. The lowest BCUT2D eigenvalue weighted by molar-refractivity contribution is -0.149. The van der Waals surface area contributed by atoms with Crippen LogP contribution in [0.3, 0.4) is 0 Å². The molecule has 18 heavy (non-hydrogen) atoms. The van der Waals surface area contributed by atoms with Crippen LogP contribution in [0.1, 0.15) is 31.4 Å². The molecule has 96 valence electrons. The van der Waals surface area contributed by atoms with Crippen molar-refractivity contribution in [3.05, 3.63) is 34.2 Å². The van der Waals surface area contributed by atoms with E-state index < -0.39 is 0 Å². The van der Waals surface area contributed by atoms with Gasteiger partial charge in [0.25, 0.3) is 0 Å². The Bertz CT molecular complexity index is 498. The molecule has 0 aliphatic heterocycles. The van der Waals surface area contributed by atoms with Gasteiger partial charge in [-0.25, -0.2) is 0 Å². The van der Waals surface area contributed by atoms with Crippen molar-refractivity contribution in [3.63, 3.8) is 0 Å². The second-order valence-corrected chi connectivity index (χ2v) is 5.38. The first-order valence-corrected chi connectivity index (χ1v) is 6.58. The number of carbonyl (C=O) groups excluding carboxylic acids is 1. The van der Waals surface area contributed by atoms with Crippen LogP contribution in [-0.4, -0.2) is 17.1 Å². The van der Waals surface area contributed by atoms with Crippen molar-refractivity contribution >= 4 is 5.97 Å². The van der Waals surface area contributed by atoms with E-state index in [1.165, 1.54) is 12.5 Å². The zero-order valence-corrected chi connectivity index (χ0v) is 10.2. The first-order chi connectivity index (χ1) is 8.70. The van der Waals surface area contributed by atoms with E-state index in [-0.39, 0.29) is 17.6 Å². The number of fused-ring (bicyclic) bond motifs is 1. The number of nitrogens with one attached hydrogen (secondary N) is 1. The van der Waals surface area contributed by atoms with E-state index in [2.05, 4.69) is 4.98 Å². The van der Waals surface area contributed by atoms with Crippen molar-refractivity contribution in [2.45, 2.75) is 38.2 Å². The fourth-order valence-corrected chi connectivity index (χ4v) is 2.88. The smallest absolute Gasteiger partial charge is 0.306 e. The van der Waals surface area contributed by atoms with Crippen LogP contribution in [0, 0.1) is 11.8 Å². The van der Waals surface area contributed by atoms with Crippen LogP contribution in [0.4, 0.5) is 0 Å². The highest BCUT2D eigenvalue weighted by molar-refractivity contribution is 5.69. The molecule has 4 nitrogen and oxygen atoms in total. The van der Waals surface area contributed by atoms with E-state index >= 15 is 0 Å². The van der Waals surface area contributed by atoms with E-state index in [4.69, 9.17) is 4.74 Å². The molecule has 4 heteroatoms. The third-order valence-corrected chi connectivity index (χ3v) is 3.93. The Morgan fingerprint density at radius 1 is 1.28 bits per heavy atom. The number of esters is 1. The molecule has 1 N–H and O–H groups in total. The Morgan fingerprint density at radius 3 is 2.78 bits per heavy atom. The molecule has 0 aromatic carbocycles. The van der Waals surface area contributed by atoms with Gasteiger partial charge < -0.3 is 9.72 Å². The van der Waals surface area contributed by atoms with Gasteiger partial charge in [-0.3, -0.25) is 9.59 Å². The van der Waals surface area contributed by atoms with Crippen LogP contribution in [0.15, 0.2) is 23.0 Å². The highest BCUT2D eigenvalue weighted by Crippen LogP contribution is 2.52. The van der Waals surface area contributed by atoms with Crippen molar-refractivity contribution in [1.29, 1.82) is 0 Å². The van der Waals surface area contributed by atoms with Crippen LogP contribution < -0.4 is 5.56 Å². The molecule has 0 radical (unpaired) electrons. The molecule has 1 aromatic heterocycles. The summed E-state index contributed by atoms with van der Waals surface area (Å²) in [4.78, 5) is 25.5. The summed E-state index contributed by atoms with van der Waals surface area (Å²) in [7, 11) is 0. The molecule has 2 saturated carbocycles. The van der Waals surface area contributed by atoms with Crippen molar-refractivity contribution in [1.82, 2.24) is 4.98 Å². The maximum Gasteiger partial charge on any atom is 0.306 e. The molecular weight excluding hydrogens is 230 g/mol. The molecule has 3 rings (SSSR count). The molecule has 0 saturated heterocycles. The van der Waals surface area contributed by atoms with Crippen molar-refractivity contribution < 1.29 is 9.53 Å². The average molecular weight is 247 g/mol. The first kappa shape index (κ1) is 11.5. The number of H-pyrrole nitrogens is 1. The SMILES string of the molecule is O=C(CCc1cccc(=O)[nH]1)OC1CC2CC2C1. The fourth-order valence-electron chi connectivity index (χ4n) is 2.88. The lowest BCUT2D eigenvalue weighted by Gasteiger charge is -2.13. The van der Waals surface area contributed by atoms with E-state index in [1.807, 2.05) is 6.07 Å². The number of carbonyl (C=O) groups is 1. The van der Waals surface area contributed by atoms with Gasteiger partial charge in [-0.15, -0.1) is 0 Å². The third-order valence-electron chi connectivity index (χ3n) is 3.93. The zero-order valence-electron chi connectivity index (χ0n) is 10.2. The highest BCUT2D eigenvalue weighted by atomic mass is 16.5. The summed E-state index contributed by atoms with van der Waals surface area (Å²) < 4.78 is 5.43. The number of rotatable bonds is 4. The van der Waals surface area contributed by atoms with Crippen LogP contribution in [0.25, 0.3) is 0 Å². The summed E-state index contributed by atoms with van der Waals surface area (Å²) in [6.45, 7) is 0. The molecule has 1 heterocycles. The molecule has 2 aliphatic rings. The van der Waals surface area contributed by atoms with E-state index in [1.54, 1.807) is 6.07 Å². The lowest BCUT2D eigenvalue weighted by Crippen LogP contribution is -2.17. The number of hydrogen-bond donors (Lipinski definition) is 1. The summed E-state index contributed by atoms with van der Waals surface area (Å²) in [6, 6.07) is 4.98. The number of ether oxygens (including phenoxy) is 1. The maximum atomic E-state index is 11.7. The minimum atomic E-state index is -0.147. The number of hydrogen-bond acceptors (Lipinski definition) is 3. The molecule has 1 aromatic rings. The number of aryl methyl sites for hydroxylation is 1. The molecule has 2 unspecified atom stereocenters. The summed E-state index contributed by atoms with van der Waals surface area (Å²) in [6.07, 6.45) is 4.47. The predicted molar refractivity (Wildman–Crippen MR) is 66.1 cm³/mol. The van der Waals surface area contributed by atoms with Gasteiger partial charge in [-0.1, -0.05) is 6.07 Å². The topological polar surface area (TPSA) is 59.2 Å². The highest BCUT2D eigenvalue weighted by Gasteiger charge is 2.47. The van der Waals surface area contributed by atoms with Gasteiger partial charge >= 0.3 is 5.97 Å². The van der Waals surface area contributed by atoms with Crippen LogP contribution in [0.2, 0.25) is 0 Å². The largest absolute Gasteiger partial charge is 0.462 e. The van der Waals surface area contributed by atoms with Gasteiger partial charge in [-0.2, -0.15) is 0 Å². The summed E-state index contributed by atoms with van der Waals surface area (Å²) in [5.74, 6) is 1.51. The maximum absolute atomic E-state index is 11.7. The zero-order chi connectivity index (χ0) is 12.5. The van der Waals surface area contributed by atoms with E-state index in [9.17, 15) is 9.59 Å². The Labute approximate surface area is 105 Å². The normalized spacial score (nSPS) is 28.8. The standard InChI is InChI=1S/C14H17NO3/c16-13-3-1-2-11(15-13)4-5-14(17)18-12-7-9-6-10(9)8-12/h1-3,9-10,12H,4-8H2,(H,15,16). The van der Waals surface area contributed by atoms with Gasteiger partial charge in [0.05, 0.1) is 6.42 Å². The Kier molecular flexibility index (Phi) is 2.94. The second kappa shape index (κ2) is 4.59. The van der Waals surface area contributed by atoms with Crippen molar-refractivity contribution in [2.75, 3.05) is 0 Å². The number of aromatic nitrogens is 1. The van der Waals surface area contributed by atoms with Gasteiger partial charge in [0, 0.05) is 11.8 Å². The number of aromatic amines is 1. The van der Waals surface area contributed by atoms with E-state index in [0.717, 1.165) is 30.4 Å². The fraction of sp³-hybridized carbons (Fsp3) is 0.571. The molecule has 0 bridgehead atoms. The Hall–Kier alpha value is -1.58. The Balaban J connectivity index is 1.45. The third kappa shape index (κ3) is 2.63. The van der Waals surface area contributed by atoms with Crippen LogP contribution in [0.5, 0.6) is 0 Å². The van der Waals surface area contributed by atoms with Gasteiger partial charge in [0.15, 0.2) is 0 Å². The average Bonchev–Trinajstić information content (AvgIpc) is 2.95. The van der Waals surface area contributed by atoms with Gasteiger partial charge in [-0.05, 0) is 43.6 Å². The van der Waals surface area contributed by atoms with Gasteiger partial charge in [0.2, 0.25) is 5.56 Å². The number of pyridine rings is 1. The first-order valence-electron chi connectivity index (χ1n) is 6.58. The van der Waals surface area contributed by atoms with Crippen molar-refractivity contribution in [2.24, 2.45) is 11.8 Å². The van der Waals surface area contributed by atoms with Crippen LogP contribution in [-0.2, 0) is 16.0 Å². The molecule has 0 amide bonds. The minimum Gasteiger partial charge on any atom is -0.462 e.